The summed E-state index contributed by atoms with van der Waals surface area (Å²) in [6.45, 7) is 0. The van der Waals surface area contributed by atoms with E-state index in [1.54, 1.807) is 22.9 Å². The van der Waals surface area contributed by atoms with Gasteiger partial charge in [0, 0.05) is 6.20 Å². The zero-order valence-corrected chi connectivity index (χ0v) is 6.62. The van der Waals surface area contributed by atoms with Gasteiger partial charge in [-0.3, -0.25) is 4.57 Å². The van der Waals surface area contributed by atoms with Crippen LogP contribution in [0.5, 0.6) is 0 Å². The van der Waals surface area contributed by atoms with E-state index >= 15 is 0 Å². The van der Waals surface area contributed by atoms with Crippen molar-refractivity contribution >= 4 is 0 Å². The topological polar surface area (TPSA) is 67.4 Å². The molecule has 0 aliphatic rings. The molecule has 2 rings (SSSR count). The summed E-state index contributed by atoms with van der Waals surface area (Å²) in [4.78, 5) is 4.05. The van der Waals surface area contributed by atoms with Gasteiger partial charge < -0.3 is 0 Å². The van der Waals surface area contributed by atoms with Gasteiger partial charge in [-0.1, -0.05) is 0 Å². The first kappa shape index (κ1) is 7.43. The van der Waals surface area contributed by atoms with Gasteiger partial charge in [-0.2, -0.15) is 5.26 Å². The van der Waals surface area contributed by atoms with E-state index in [1.165, 1.54) is 12.7 Å². The van der Waals surface area contributed by atoms with E-state index in [0.29, 0.717) is 11.4 Å². The maximum atomic E-state index is 8.77. The Balaban J connectivity index is 2.59. The van der Waals surface area contributed by atoms with Gasteiger partial charge in [0.25, 0.3) is 0 Å². The van der Waals surface area contributed by atoms with Gasteiger partial charge in [-0.15, -0.1) is 10.2 Å². The molecular formula is C8H5N5. The molecular weight excluding hydrogens is 166 g/mol. The second-order valence-electron chi connectivity index (χ2n) is 2.36. The number of hydrogen-bond donors (Lipinski definition) is 0. The van der Waals surface area contributed by atoms with Gasteiger partial charge in [-0.25, -0.2) is 4.98 Å². The fourth-order valence-corrected chi connectivity index (χ4v) is 1.00. The minimum Gasteiger partial charge on any atom is -0.271 e. The Labute approximate surface area is 74.3 Å². The van der Waals surface area contributed by atoms with Crippen LogP contribution in [-0.4, -0.2) is 19.7 Å². The highest BCUT2D eigenvalue weighted by atomic mass is 15.2. The van der Waals surface area contributed by atoms with Crippen LogP contribution >= 0.6 is 0 Å². The number of hydrogen-bond acceptors (Lipinski definition) is 4. The first-order valence-corrected chi connectivity index (χ1v) is 3.62. The monoisotopic (exact) mass is 171 g/mol. The summed E-state index contributed by atoms with van der Waals surface area (Å²) >= 11 is 0. The lowest BCUT2D eigenvalue weighted by atomic mass is 10.3. The molecule has 5 nitrogen and oxygen atoms in total. The van der Waals surface area contributed by atoms with Gasteiger partial charge in [-0.05, 0) is 12.1 Å². The van der Waals surface area contributed by atoms with E-state index in [-0.39, 0.29) is 0 Å². The van der Waals surface area contributed by atoms with Crippen LogP contribution in [0.15, 0.2) is 31.0 Å². The molecule has 0 aliphatic heterocycles. The normalized spacial score (nSPS) is 9.46. The van der Waals surface area contributed by atoms with E-state index in [1.807, 2.05) is 6.07 Å². The quantitative estimate of drug-likeness (QED) is 0.627. The van der Waals surface area contributed by atoms with Gasteiger partial charge in [0.05, 0.1) is 5.56 Å². The number of aromatic nitrogens is 4. The second kappa shape index (κ2) is 3.03. The first-order valence-electron chi connectivity index (χ1n) is 3.62. The smallest absolute Gasteiger partial charge is 0.157 e. The Bertz CT molecular complexity index is 440. The Hall–Kier alpha value is -2.22. The predicted octanol–water partition coefficient (Wildman–Crippen LogP) is 0.534. The minimum absolute atomic E-state index is 0.502. The lowest BCUT2D eigenvalue weighted by Gasteiger charge is -1.99. The highest BCUT2D eigenvalue weighted by molar-refractivity contribution is 5.42. The van der Waals surface area contributed by atoms with E-state index in [9.17, 15) is 0 Å². The Morgan fingerprint density at radius 3 is 2.77 bits per heavy atom. The van der Waals surface area contributed by atoms with Crippen LogP contribution in [0.4, 0.5) is 0 Å². The zero-order chi connectivity index (χ0) is 9.10. The summed E-state index contributed by atoms with van der Waals surface area (Å²) in [5.74, 6) is 0.551. The first-order chi connectivity index (χ1) is 6.42. The Morgan fingerprint density at radius 2 is 2.08 bits per heavy atom. The Morgan fingerprint density at radius 1 is 1.31 bits per heavy atom. The predicted molar refractivity (Wildman–Crippen MR) is 43.9 cm³/mol. The number of nitrogens with zero attached hydrogens (tertiary/aromatic N) is 5. The molecule has 0 fully saturated rings. The fourth-order valence-electron chi connectivity index (χ4n) is 1.00. The standard InChI is InChI=1S/C8H5N5/c9-4-7-2-1-3-10-8(7)13-5-11-12-6-13/h1-3,5-6H. The molecule has 0 radical (unpaired) electrons. The van der Waals surface area contributed by atoms with Crippen molar-refractivity contribution in [1.29, 1.82) is 5.26 Å². The molecule has 2 aromatic heterocycles. The van der Waals surface area contributed by atoms with E-state index in [2.05, 4.69) is 15.2 Å². The number of nitriles is 1. The second-order valence-corrected chi connectivity index (χ2v) is 2.36. The molecule has 0 saturated carbocycles. The molecule has 0 bridgehead atoms. The third-order valence-electron chi connectivity index (χ3n) is 1.57. The SMILES string of the molecule is N#Cc1cccnc1-n1cnnc1. The summed E-state index contributed by atoms with van der Waals surface area (Å²) in [6.07, 6.45) is 4.63. The lowest BCUT2D eigenvalue weighted by molar-refractivity contribution is 0.984. The molecule has 0 saturated heterocycles. The van der Waals surface area contributed by atoms with E-state index in [4.69, 9.17) is 5.26 Å². The van der Waals surface area contributed by atoms with Crippen molar-refractivity contribution in [2.75, 3.05) is 0 Å². The third kappa shape index (κ3) is 1.25. The zero-order valence-electron chi connectivity index (χ0n) is 6.62. The molecule has 0 atom stereocenters. The highest BCUT2D eigenvalue weighted by Crippen LogP contribution is 2.07. The summed E-state index contributed by atoms with van der Waals surface area (Å²) in [5.41, 5.74) is 0.502. The van der Waals surface area contributed by atoms with Crippen LogP contribution in [0.3, 0.4) is 0 Å². The third-order valence-corrected chi connectivity index (χ3v) is 1.57. The average Bonchev–Trinajstić information content (AvgIpc) is 2.70. The number of pyridine rings is 1. The lowest BCUT2D eigenvalue weighted by Crippen LogP contribution is -1.97. The van der Waals surface area contributed by atoms with Crippen LogP contribution in [0.2, 0.25) is 0 Å². The van der Waals surface area contributed by atoms with Gasteiger partial charge >= 0.3 is 0 Å². The number of rotatable bonds is 1. The van der Waals surface area contributed by atoms with Crippen molar-refractivity contribution in [2.45, 2.75) is 0 Å². The molecule has 2 aromatic rings. The van der Waals surface area contributed by atoms with Crippen molar-refractivity contribution in [3.05, 3.63) is 36.5 Å². The van der Waals surface area contributed by atoms with Crippen molar-refractivity contribution in [2.24, 2.45) is 0 Å². The molecule has 5 heteroatoms. The maximum Gasteiger partial charge on any atom is 0.157 e. The van der Waals surface area contributed by atoms with Crippen LogP contribution in [0, 0.1) is 11.3 Å². The minimum atomic E-state index is 0.502. The summed E-state index contributed by atoms with van der Waals surface area (Å²) < 4.78 is 1.60. The van der Waals surface area contributed by atoms with Crippen LogP contribution in [0.1, 0.15) is 5.56 Å². The maximum absolute atomic E-state index is 8.77. The summed E-state index contributed by atoms with van der Waals surface area (Å²) in [7, 11) is 0. The molecule has 0 unspecified atom stereocenters. The van der Waals surface area contributed by atoms with Gasteiger partial charge in [0.15, 0.2) is 5.82 Å². The average molecular weight is 171 g/mol. The van der Waals surface area contributed by atoms with Crippen molar-refractivity contribution in [3.63, 3.8) is 0 Å². The van der Waals surface area contributed by atoms with Crippen molar-refractivity contribution < 1.29 is 0 Å². The van der Waals surface area contributed by atoms with E-state index in [0.717, 1.165) is 0 Å². The molecule has 0 amide bonds. The molecule has 0 aromatic carbocycles. The summed E-state index contributed by atoms with van der Waals surface area (Å²) in [6, 6.07) is 5.46. The summed E-state index contributed by atoms with van der Waals surface area (Å²) in [5, 5.41) is 16.0. The van der Waals surface area contributed by atoms with Crippen LogP contribution < -0.4 is 0 Å². The molecule has 0 aliphatic carbocycles. The molecule has 0 N–H and O–H groups in total. The largest absolute Gasteiger partial charge is 0.271 e. The molecule has 2 heterocycles. The van der Waals surface area contributed by atoms with Crippen molar-refractivity contribution in [3.8, 4) is 11.9 Å². The molecule has 13 heavy (non-hydrogen) atoms. The molecule has 0 spiro atoms. The molecule has 62 valence electrons. The van der Waals surface area contributed by atoms with Crippen molar-refractivity contribution in [1.82, 2.24) is 19.7 Å². The highest BCUT2D eigenvalue weighted by Gasteiger charge is 2.03. The van der Waals surface area contributed by atoms with E-state index < -0.39 is 0 Å². The Kier molecular flexibility index (Phi) is 1.73. The van der Waals surface area contributed by atoms with Gasteiger partial charge in [0.2, 0.25) is 0 Å². The fraction of sp³-hybridized carbons (Fsp3) is 0. The van der Waals surface area contributed by atoms with Crippen LogP contribution in [0.25, 0.3) is 5.82 Å². The van der Waals surface area contributed by atoms with Crippen LogP contribution in [-0.2, 0) is 0 Å². The van der Waals surface area contributed by atoms with Gasteiger partial charge in [0.1, 0.15) is 18.7 Å².